The number of halogens is 1. The summed E-state index contributed by atoms with van der Waals surface area (Å²) in [6.07, 6.45) is 3.02. The number of nitrogens with one attached hydrogen (secondary N) is 1. The first-order valence-electron chi connectivity index (χ1n) is 10.4. The fourth-order valence-electron chi connectivity index (χ4n) is 3.16. The van der Waals surface area contributed by atoms with E-state index in [9.17, 15) is 0 Å². The molecular formula is C24H36IN3O3. The molecule has 31 heavy (non-hydrogen) atoms. The van der Waals surface area contributed by atoms with E-state index < -0.39 is 0 Å². The van der Waals surface area contributed by atoms with Crippen LogP contribution in [0.1, 0.15) is 24.0 Å². The molecule has 0 aliphatic carbocycles. The molecule has 0 fully saturated rings. The standard InChI is InChI=1S/C24H35N3O3.HI/c1-25-24(27(2)19-21-12-13-22(28-3)18-23(21)29-4)26-15-8-9-16-30-17-14-20-10-6-5-7-11-20;/h5-7,10-13,18H,8-9,14-17,19H2,1-4H3,(H,25,26);1H. The molecular weight excluding hydrogens is 505 g/mol. The van der Waals surface area contributed by atoms with Crippen molar-refractivity contribution in [1.29, 1.82) is 0 Å². The largest absolute Gasteiger partial charge is 0.497 e. The number of unbranched alkanes of at least 4 members (excludes halogenated alkanes) is 1. The number of nitrogens with zero attached hydrogens (tertiary/aromatic N) is 2. The van der Waals surface area contributed by atoms with Gasteiger partial charge in [-0.15, -0.1) is 24.0 Å². The summed E-state index contributed by atoms with van der Waals surface area (Å²) >= 11 is 0. The third-order valence-corrected chi connectivity index (χ3v) is 4.85. The predicted molar refractivity (Wildman–Crippen MR) is 138 cm³/mol. The minimum Gasteiger partial charge on any atom is -0.497 e. The van der Waals surface area contributed by atoms with E-state index in [-0.39, 0.29) is 24.0 Å². The summed E-state index contributed by atoms with van der Waals surface area (Å²) in [5.41, 5.74) is 2.40. The minimum atomic E-state index is 0. The van der Waals surface area contributed by atoms with Crippen LogP contribution >= 0.6 is 24.0 Å². The van der Waals surface area contributed by atoms with E-state index in [1.54, 1.807) is 21.3 Å². The van der Waals surface area contributed by atoms with Crippen LogP contribution < -0.4 is 14.8 Å². The first kappa shape index (κ1) is 27.0. The molecule has 0 bridgehead atoms. The Morgan fingerprint density at radius 1 is 1.00 bits per heavy atom. The van der Waals surface area contributed by atoms with E-state index in [0.717, 1.165) is 62.0 Å². The van der Waals surface area contributed by atoms with Gasteiger partial charge in [0.05, 0.1) is 20.8 Å². The average Bonchev–Trinajstić information content (AvgIpc) is 2.79. The molecule has 0 spiro atoms. The molecule has 1 N–H and O–H groups in total. The molecule has 2 aromatic rings. The van der Waals surface area contributed by atoms with Crippen LogP contribution in [0.3, 0.4) is 0 Å². The van der Waals surface area contributed by atoms with Crippen molar-refractivity contribution in [2.45, 2.75) is 25.8 Å². The molecule has 0 aliphatic heterocycles. The average molecular weight is 541 g/mol. The Bertz CT molecular complexity index is 772. The zero-order valence-electron chi connectivity index (χ0n) is 19.1. The van der Waals surface area contributed by atoms with E-state index in [1.165, 1.54) is 5.56 Å². The van der Waals surface area contributed by atoms with Crippen molar-refractivity contribution < 1.29 is 14.2 Å². The fourth-order valence-corrected chi connectivity index (χ4v) is 3.16. The number of benzene rings is 2. The van der Waals surface area contributed by atoms with Crippen molar-refractivity contribution in [2.24, 2.45) is 4.99 Å². The second-order valence-electron chi connectivity index (χ2n) is 7.06. The summed E-state index contributed by atoms with van der Waals surface area (Å²) in [7, 11) is 7.15. The highest BCUT2D eigenvalue weighted by Crippen LogP contribution is 2.25. The summed E-state index contributed by atoms with van der Waals surface area (Å²) in [4.78, 5) is 6.47. The Hall–Kier alpha value is -2.00. The molecule has 0 unspecified atom stereocenters. The van der Waals surface area contributed by atoms with E-state index in [0.29, 0.717) is 6.54 Å². The van der Waals surface area contributed by atoms with E-state index in [2.05, 4.69) is 39.5 Å². The van der Waals surface area contributed by atoms with Crippen LogP contribution in [0.25, 0.3) is 0 Å². The maximum atomic E-state index is 5.75. The first-order chi connectivity index (χ1) is 14.7. The topological polar surface area (TPSA) is 55.3 Å². The van der Waals surface area contributed by atoms with Gasteiger partial charge in [-0.2, -0.15) is 0 Å². The van der Waals surface area contributed by atoms with E-state index in [4.69, 9.17) is 14.2 Å². The Labute approximate surface area is 204 Å². The lowest BCUT2D eigenvalue weighted by atomic mass is 10.2. The third-order valence-electron chi connectivity index (χ3n) is 4.85. The van der Waals surface area contributed by atoms with Crippen LogP contribution in [0.5, 0.6) is 11.5 Å². The predicted octanol–water partition coefficient (Wildman–Crippen LogP) is 4.37. The van der Waals surface area contributed by atoms with Crippen molar-refractivity contribution in [3.05, 3.63) is 59.7 Å². The van der Waals surface area contributed by atoms with E-state index in [1.807, 2.05) is 31.3 Å². The highest BCUT2D eigenvalue weighted by atomic mass is 127. The Kier molecular flexibility index (Phi) is 13.7. The van der Waals surface area contributed by atoms with Crippen LogP contribution in [-0.4, -0.2) is 58.9 Å². The maximum Gasteiger partial charge on any atom is 0.193 e. The number of hydrogen-bond donors (Lipinski definition) is 1. The first-order valence-corrected chi connectivity index (χ1v) is 10.4. The van der Waals surface area contributed by atoms with Crippen LogP contribution in [0.4, 0.5) is 0 Å². The summed E-state index contributed by atoms with van der Waals surface area (Å²) in [5.74, 6) is 2.45. The van der Waals surface area contributed by atoms with E-state index >= 15 is 0 Å². The maximum absolute atomic E-state index is 5.75. The molecule has 0 saturated heterocycles. The van der Waals surface area contributed by atoms with Crippen molar-refractivity contribution >= 4 is 29.9 Å². The SMILES string of the molecule is CN=C(NCCCCOCCc1ccccc1)N(C)Cc1ccc(OC)cc1OC.I. The Balaban J connectivity index is 0.00000480. The minimum absolute atomic E-state index is 0. The third kappa shape index (κ3) is 9.78. The molecule has 2 rings (SSSR count). The van der Waals surface area contributed by atoms with Crippen LogP contribution in [0.2, 0.25) is 0 Å². The molecule has 0 heterocycles. The molecule has 0 atom stereocenters. The molecule has 0 amide bonds. The van der Waals surface area contributed by atoms with Crippen LogP contribution in [0, 0.1) is 0 Å². The molecule has 172 valence electrons. The van der Waals surface area contributed by atoms with Crippen LogP contribution in [-0.2, 0) is 17.7 Å². The lowest BCUT2D eigenvalue weighted by molar-refractivity contribution is 0.133. The van der Waals surface area contributed by atoms with Gasteiger partial charge in [-0.3, -0.25) is 4.99 Å². The van der Waals surface area contributed by atoms with Gasteiger partial charge in [0.15, 0.2) is 5.96 Å². The molecule has 7 heteroatoms. The van der Waals surface area contributed by atoms with Gasteiger partial charge >= 0.3 is 0 Å². The highest BCUT2D eigenvalue weighted by Gasteiger charge is 2.11. The number of rotatable bonds is 12. The normalized spacial score (nSPS) is 10.9. The van der Waals surface area contributed by atoms with Gasteiger partial charge in [0.2, 0.25) is 0 Å². The Morgan fingerprint density at radius 3 is 2.45 bits per heavy atom. The van der Waals surface area contributed by atoms with Gasteiger partial charge in [-0.25, -0.2) is 0 Å². The Morgan fingerprint density at radius 2 is 1.77 bits per heavy atom. The van der Waals surface area contributed by atoms with Gasteiger partial charge in [0.1, 0.15) is 11.5 Å². The van der Waals surface area contributed by atoms with Gasteiger partial charge < -0.3 is 24.4 Å². The second kappa shape index (κ2) is 15.8. The van der Waals surface area contributed by atoms with Gasteiger partial charge in [0.25, 0.3) is 0 Å². The lowest BCUT2D eigenvalue weighted by Crippen LogP contribution is -2.39. The monoisotopic (exact) mass is 541 g/mol. The van der Waals surface area contributed by atoms with Gasteiger partial charge in [-0.1, -0.05) is 30.3 Å². The molecule has 2 aromatic carbocycles. The van der Waals surface area contributed by atoms with Crippen LogP contribution in [0.15, 0.2) is 53.5 Å². The zero-order valence-corrected chi connectivity index (χ0v) is 21.4. The van der Waals surface area contributed by atoms with Gasteiger partial charge in [-0.05, 0) is 37.0 Å². The van der Waals surface area contributed by atoms with Crippen molar-refractivity contribution in [2.75, 3.05) is 48.1 Å². The number of aliphatic imine (C=N–C) groups is 1. The zero-order chi connectivity index (χ0) is 21.6. The molecule has 0 saturated carbocycles. The lowest BCUT2D eigenvalue weighted by Gasteiger charge is -2.23. The number of methoxy groups -OCH3 is 2. The smallest absolute Gasteiger partial charge is 0.193 e. The second-order valence-corrected chi connectivity index (χ2v) is 7.06. The highest BCUT2D eigenvalue weighted by molar-refractivity contribution is 14.0. The number of ether oxygens (including phenoxy) is 3. The molecule has 0 aliphatic rings. The summed E-state index contributed by atoms with van der Waals surface area (Å²) in [5, 5.41) is 3.42. The van der Waals surface area contributed by atoms with Crippen molar-refractivity contribution in [3.8, 4) is 11.5 Å². The molecule has 6 nitrogen and oxygen atoms in total. The van der Waals surface area contributed by atoms with Crippen molar-refractivity contribution in [3.63, 3.8) is 0 Å². The molecule has 0 aromatic heterocycles. The molecule has 0 radical (unpaired) electrons. The van der Waals surface area contributed by atoms with Gasteiger partial charge in [0, 0.05) is 45.4 Å². The summed E-state index contributed by atoms with van der Waals surface area (Å²) in [6.45, 7) is 3.10. The number of guanidine groups is 1. The summed E-state index contributed by atoms with van der Waals surface area (Å²) < 4.78 is 16.5. The summed E-state index contributed by atoms with van der Waals surface area (Å²) in [6, 6.07) is 16.3. The fraction of sp³-hybridized carbons (Fsp3) is 0.458. The van der Waals surface area contributed by atoms with Crippen molar-refractivity contribution in [1.82, 2.24) is 10.2 Å². The quantitative estimate of drug-likeness (QED) is 0.187. The number of hydrogen-bond acceptors (Lipinski definition) is 4.